The third-order valence-corrected chi connectivity index (χ3v) is 8.70. The minimum absolute atomic E-state index is 0.0193. The van der Waals surface area contributed by atoms with Crippen LogP contribution in [0.3, 0.4) is 0 Å². The van der Waals surface area contributed by atoms with Crippen molar-refractivity contribution >= 4 is 17.6 Å². The van der Waals surface area contributed by atoms with Gasteiger partial charge in [0.25, 0.3) is 0 Å². The normalized spacial score (nSPS) is 24.4. The van der Waals surface area contributed by atoms with Crippen molar-refractivity contribution in [3.8, 4) is 11.8 Å². The van der Waals surface area contributed by atoms with Gasteiger partial charge < -0.3 is 34.0 Å². The lowest BCUT2D eigenvalue weighted by molar-refractivity contribution is 0.0512. The van der Waals surface area contributed by atoms with Gasteiger partial charge in [-0.3, -0.25) is 4.90 Å². The quantitative estimate of drug-likeness (QED) is 0.488. The maximum Gasteiger partial charge on any atom is 0.407 e. The number of likely N-dealkylation sites (N-methyl/N-ethyl adjacent to an activating group) is 1. The van der Waals surface area contributed by atoms with Crippen molar-refractivity contribution < 1.29 is 28.5 Å². The van der Waals surface area contributed by atoms with E-state index < -0.39 is 6.09 Å². The van der Waals surface area contributed by atoms with E-state index >= 15 is 4.39 Å². The average Bonchev–Trinajstić information content (AvgIpc) is 3.48. The SMILES string of the molecule is COCOc1cccc(F)c1N1CCc2c(nc(OC[C@@H]3CCCN3C)nc2N2C[C@H]3CC[C@@H](C2)N3C(=O)O)C1. The second kappa shape index (κ2) is 11.2. The summed E-state index contributed by atoms with van der Waals surface area (Å²) in [5.74, 6) is 0.862. The van der Waals surface area contributed by atoms with E-state index in [0.717, 1.165) is 49.3 Å². The Morgan fingerprint density at radius 2 is 1.90 bits per heavy atom. The van der Waals surface area contributed by atoms with E-state index in [1.165, 1.54) is 13.2 Å². The number of hydrogen-bond acceptors (Lipinski definition) is 9. The first kappa shape index (κ1) is 26.8. The van der Waals surface area contributed by atoms with Crippen LogP contribution in [0.25, 0.3) is 0 Å². The molecule has 0 unspecified atom stereocenters. The number of hydrogen-bond donors (Lipinski definition) is 1. The summed E-state index contributed by atoms with van der Waals surface area (Å²) in [6, 6.07) is 5.30. The molecule has 1 amide bonds. The van der Waals surface area contributed by atoms with Gasteiger partial charge in [-0.2, -0.15) is 9.97 Å². The minimum Gasteiger partial charge on any atom is -0.465 e. The predicted molar refractivity (Wildman–Crippen MR) is 146 cm³/mol. The number of piperazine rings is 1. The first-order chi connectivity index (χ1) is 19.4. The number of halogens is 1. The highest BCUT2D eigenvalue weighted by atomic mass is 19.1. The molecule has 0 saturated carbocycles. The van der Waals surface area contributed by atoms with Crippen molar-refractivity contribution in [1.29, 1.82) is 0 Å². The van der Waals surface area contributed by atoms with Gasteiger partial charge in [-0.15, -0.1) is 0 Å². The number of amides is 1. The lowest BCUT2D eigenvalue weighted by Crippen LogP contribution is -2.56. The minimum atomic E-state index is -0.853. The van der Waals surface area contributed by atoms with E-state index in [9.17, 15) is 9.90 Å². The van der Waals surface area contributed by atoms with E-state index in [-0.39, 0.29) is 24.7 Å². The van der Waals surface area contributed by atoms with Gasteiger partial charge in [0.05, 0.1) is 24.3 Å². The van der Waals surface area contributed by atoms with Crippen molar-refractivity contribution in [2.75, 3.05) is 63.5 Å². The zero-order valence-electron chi connectivity index (χ0n) is 23.1. The number of methoxy groups -OCH3 is 1. The number of anilines is 2. The number of nitrogens with zero attached hydrogens (tertiary/aromatic N) is 6. The maximum atomic E-state index is 15.1. The molecule has 0 radical (unpaired) electrons. The molecule has 0 aliphatic carbocycles. The van der Waals surface area contributed by atoms with Crippen LogP contribution in [-0.2, 0) is 17.7 Å². The third-order valence-electron chi connectivity index (χ3n) is 8.70. The zero-order valence-corrected chi connectivity index (χ0v) is 23.1. The van der Waals surface area contributed by atoms with E-state index in [0.29, 0.717) is 62.7 Å². The van der Waals surface area contributed by atoms with Gasteiger partial charge in [-0.25, -0.2) is 9.18 Å². The van der Waals surface area contributed by atoms with Crippen molar-refractivity contribution in [3.05, 3.63) is 35.3 Å². The summed E-state index contributed by atoms with van der Waals surface area (Å²) in [6.07, 6.45) is 3.67. The Balaban J connectivity index is 1.31. The van der Waals surface area contributed by atoms with Gasteiger partial charge >= 0.3 is 12.1 Å². The molecule has 0 spiro atoms. The molecular formula is C28H37FN6O5. The molecule has 3 fully saturated rings. The molecule has 12 heteroatoms. The van der Waals surface area contributed by atoms with Crippen LogP contribution in [-0.4, -0.2) is 103 Å². The predicted octanol–water partition coefficient (Wildman–Crippen LogP) is 2.97. The highest BCUT2D eigenvalue weighted by molar-refractivity contribution is 5.68. The van der Waals surface area contributed by atoms with Crippen LogP contribution in [0.4, 0.5) is 20.7 Å². The second-order valence-electron chi connectivity index (χ2n) is 11.1. The lowest BCUT2D eigenvalue weighted by atomic mass is 10.0. The van der Waals surface area contributed by atoms with Crippen molar-refractivity contribution in [2.45, 2.75) is 56.8 Å². The van der Waals surface area contributed by atoms with Crippen LogP contribution in [0.1, 0.15) is 36.9 Å². The topological polar surface area (TPSA) is 104 Å². The van der Waals surface area contributed by atoms with Crippen molar-refractivity contribution in [3.63, 3.8) is 0 Å². The molecule has 1 aromatic heterocycles. The van der Waals surface area contributed by atoms with E-state index in [2.05, 4.69) is 16.8 Å². The van der Waals surface area contributed by atoms with Crippen LogP contribution >= 0.6 is 0 Å². The number of para-hydroxylation sites is 1. The van der Waals surface area contributed by atoms with Crippen LogP contribution in [0.15, 0.2) is 18.2 Å². The maximum absolute atomic E-state index is 15.1. The van der Waals surface area contributed by atoms with Crippen LogP contribution < -0.4 is 19.3 Å². The Morgan fingerprint density at radius 1 is 1.10 bits per heavy atom. The Hall–Kier alpha value is -3.38. The first-order valence-corrected chi connectivity index (χ1v) is 14.1. The van der Waals surface area contributed by atoms with Gasteiger partial charge in [-0.1, -0.05) is 6.07 Å². The van der Waals surface area contributed by atoms with Crippen LogP contribution in [0.5, 0.6) is 11.8 Å². The summed E-state index contributed by atoms with van der Waals surface area (Å²) in [6.45, 7) is 3.67. The van der Waals surface area contributed by atoms with Crippen molar-refractivity contribution in [1.82, 2.24) is 19.8 Å². The molecule has 1 N–H and O–H groups in total. The average molecular weight is 557 g/mol. The number of aromatic nitrogens is 2. The number of benzene rings is 1. The molecule has 1 aromatic carbocycles. The third kappa shape index (κ3) is 5.10. The highest BCUT2D eigenvalue weighted by Gasteiger charge is 2.44. The fourth-order valence-electron chi connectivity index (χ4n) is 6.70. The van der Waals surface area contributed by atoms with Gasteiger partial charge in [0.2, 0.25) is 0 Å². The van der Waals surface area contributed by atoms with Crippen LogP contribution in [0.2, 0.25) is 0 Å². The van der Waals surface area contributed by atoms with Crippen molar-refractivity contribution in [2.24, 2.45) is 0 Å². The highest BCUT2D eigenvalue weighted by Crippen LogP contribution is 2.39. The van der Waals surface area contributed by atoms with Gasteiger partial charge in [-0.05, 0) is 57.8 Å². The number of fused-ring (bicyclic) bond motifs is 3. The van der Waals surface area contributed by atoms with Gasteiger partial charge in [0, 0.05) is 38.3 Å². The second-order valence-corrected chi connectivity index (χ2v) is 11.1. The summed E-state index contributed by atoms with van der Waals surface area (Å²) in [5.41, 5.74) is 2.19. The zero-order chi connectivity index (χ0) is 27.8. The molecule has 4 aliphatic rings. The summed E-state index contributed by atoms with van der Waals surface area (Å²) in [5, 5.41) is 9.75. The molecule has 2 bridgehead atoms. The number of carboxylic acid groups (broad SMARTS) is 1. The summed E-state index contributed by atoms with van der Waals surface area (Å²) in [7, 11) is 3.63. The molecule has 5 heterocycles. The number of rotatable bonds is 8. The molecule has 2 aromatic rings. The fraction of sp³-hybridized carbons (Fsp3) is 0.607. The summed E-state index contributed by atoms with van der Waals surface area (Å²) in [4.78, 5) is 29.7. The van der Waals surface area contributed by atoms with E-state index in [4.69, 9.17) is 24.2 Å². The van der Waals surface area contributed by atoms with Gasteiger partial charge in [0.1, 0.15) is 29.7 Å². The lowest BCUT2D eigenvalue weighted by Gasteiger charge is -2.41. The largest absolute Gasteiger partial charge is 0.465 e. The Morgan fingerprint density at radius 3 is 2.60 bits per heavy atom. The molecule has 4 aliphatic heterocycles. The Bertz CT molecular complexity index is 1240. The van der Waals surface area contributed by atoms with Gasteiger partial charge in [0.15, 0.2) is 6.79 Å². The monoisotopic (exact) mass is 556 g/mol. The smallest absolute Gasteiger partial charge is 0.407 e. The number of ether oxygens (including phenoxy) is 3. The molecule has 3 atom stereocenters. The Labute approximate surface area is 233 Å². The summed E-state index contributed by atoms with van der Waals surface area (Å²) < 4.78 is 32.1. The number of likely N-dealkylation sites (tertiary alicyclic amines) is 1. The standard InChI is InChI=1S/C28H37FN6O5/c1-32-11-4-5-20(32)16-39-27-30-23-15-33(25-22(29)6-3-7-24(25)40-17-38-2)12-10-21(23)26(31-27)34-13-18-8-9-19(14-34)35(18)28(36)37/h3,6-7,18-20H,4-5,8-17H2,1-2H3,(H,36,37)/t18-,19+,20-/m0/s1. The van der Waals surface area contributed by atoms with E-state index in [1.807, 2.05) is 4.90 Å². The first-order valence-electron chi connectivity index (χ1n) is 14.1. The molecule has 40 heavy (non-hydrogen) atoms. The Kier molecular flexibility index (Phi) is 7.54. The fourth-order valence-corrected chi connectivity index (χ4v) is 6.70. The molecule has 3 saturated heterocycles. The molecule has 216 valence electrons. The molecular weight excluding hydrogens is 519 g/mol. The summed E-state index contributed by atoms with van der Waals surface area (Å²) >= 11 is 0. The number of carbonyl (C=O) groups is 1. The molecule has 11 nitrogen and oxygen atoms in total. The molecule has 6 rings (SSSR count). The van der Waals surface area contributed by atoms with E-state index in [1.54, 1.807) is 17.0 Å². The van der Waals surface area contributed by atoms with Crippen LogP contribution in [0, 0.1) is 5.82 Å².